The standard InChI is InChI=1S/C9H10F3N.C2H6/c1-7-3-5-13-8(6-7)2-4-9(10,11)12;1-2/h3,5-6H,2,4H2,1H3;1-2H3. The number of aromatic nitrogens is 1. The molecule has 1 heterocycles. The minimum Gasteiger partial charge on any atom is -0.261 e. The maximum Gasteiger partial charge on any atom is 0.389 e. The lowest BCUT2D eigenvalue weighted by Gasteiger charge is -2.05. The Labute approximate surface area is 88.3 Å². The van der Waals surface area contributed by atoms with E-state index in [2.05, 4.69) is 4.98 Å². The molecule has 0 atom stereocenters. The highest BCUT2D eigenvalue weighted by Gasteiger charge is 2.26. The molecule has 0 radical (unpaired) electrons. The summed E-state index contributed by atoms with van der Waals surface area (Å²) in [5.41, 5.74) is 1.43. The second kappa shape index (κ2) is 6.43. The summed E-state index contributed by atoms with van der Waals surface area (Å²) < 4.78 is 35.4. The van der Waals surface area contributed by atoms with Gasteiger partial charge in [-0.1, -0.05) is 13.8 Å². The first-order valence-corrected chi connectivity index (χ1v) is 4.96. The van der Waals surface area contributed by atoms with Crippen LogP contribution in [0.3, 0.4) is 0 Å². The van der Waals surface area contributed by atoms with E-state index in [4.69, 9.17) is 0 Å². The van der Waals surface area contributed by atoms with Gasteiger partial charge in [-0.2, -0.15) is 13.2 Å². The van der Waals surface area contributed by atoms with E-state index in [-0.39, 0.29) is 6.42 Å². The molecule has 1 nitrogen and oxygen atoms in total. The molecule has 0 aliphatic rings. The molecular formula is C11H16F3N. The molecule has 0 amide bonds. The molecule has 1 aromatic heterocycles. The largest absolute Gasteiger partial charge is 0.389 e. The van der Waals surface area contributed by atoms with Crippen LogP contribution in [0.15, 0.2) is 18.3 Å². The Morgan fingerprint density at radius 2 is 1.87 bits per heavy atom. The molecule has 0 saturated heterocycles. The predicted molar refractivity (Wildman–Crippen MR) is 54.7 cm³/mol. The van der Waals surface area contributed by atoms with E-state index in [1.54, 1.807) is 12.1 Å². The van der Waals surface area contributed by atoms with Crippen LogP contribution in [0.2, 0.25) is 0 Å². The number of rotatable bonds is 2. The molecule has 0 aliphatic heterocycles. The molecule has 0 fully saturated rings. The Bertz CT molecular complexity index is 281. The number of hydrogen-bond acceptors (Lipinski definition) is 1. The van der Waals surface area contributed by atoms with E-state index >= 15 is 0 Å². The van der Waals surface area contributed by atoms with Gasteiger partial charge in [-0.05, 0) is 31.0 Å². The highest BCUT2D eigenvalue weighted by atomic mass is 19.4. The smallest absolute Gasteiger partial charge is 0.261 e. The Hall–Kier alpha value is -1.06. The quantitative estimate of drug-likeness (QED) is 0.734. The molecule has 0 aromatic carbocycles. The molecule has 1 rings (SSSR count). The first-order chi connectivity index (χ1) is 6.97. The zero-order valence-corrected chi connectivity index (χ0v) is 9.23. The molecule has 0 unspecified atom stereocenters. The molecule has 0 spiro atoms. The van der Waals surface area contributed by atoms with Crippen LogP contribution in [-0.4, -0.2) is 11.2 Å². The summed E-state index contributed by atoms with van der Waals surface area (Å²) >= 11 is 0. The third kappa shape index (κ3) is 6.94. The van der Waals surface area contributed by atoms with Crippen LogP contribution in [0.4, 0.5) is 13.2 Å². The number of nitrogens with zero attached hydrogens (tertiary/aromatic N) is 1. The van der Waals surface area contributed by atoms with Gasteiger partial charge in [0.2, 0.25) is 0 Å². The summed E-state index contributed by atoms with van der Waals surface area (Å²) in [6.45, 7) is 5.83. The molecule has 0 N–H and O–H groups in total. The minimum absolute atomic E-state index is 0.0365. The third-order valence-corrected chi connectivity index (χ3v) is 1.64. The second-order valence-corrected chi connectivity index (χ2v) is 2.94. The number of hydrogen-bond donors (Lipinski definition) is 0. The third-order valence-electron chi connectivity index (χ3n) is 1.64. The number of pyridine rings is 1. The first kappa shape index (κ1) is 13.9. The van der Waals surface area contributed by atoms with E-state index in [1.165, 1.54) is 6.20 Å². The van der Waals surface area contributed by atoms with Gasteiger partial charge in [-0.3, -0.25) is 4.98 Å². The van der Waals surface area contributed by atoms with E-state index in [0.29, 0.717) is 5.69 Å². The van der Waals surface area contributed by atoms with Gasteiger partial charge >= 0.3 is 6.18 Å². The molecule has 0 bridgehead atoms. The molecule has 1 aromatic rings. The maximum absolute atomic E-state index is 11.8. The fourth-order valence-corrected chi connectivity index (χ4v) is 1.01. The van der Waals surface area contributed by atoms with Crippen molar-refractivity contribution in [2.24, 2.45) is 0 Å². The predicted octanol–water partition coefficient (Wildman–Crippen LogP) is 3.91. The lowest BCUT2D eigenvalue weighted by molar-refractivity contribution is -0.134. The van der Waals surface area contributed by atoms with Crippen LogP contribution in [0, 0.1) is 6.92 Å². The highest BCUT2D eigenvalue weighted by molar-refractivity contribution is 5.14. The van der Waals surface area contributed by atoms with Crippen molar-refractivity contribution < 1.29 is 13.2 Å². The van der Waals surface area contributed by atoms with Crippen molar-refractivity contribution in [2.75, 3.05) is 0 Å². The summed E-state index contributed by atoms with van der Waals surface area (Å²) in [4.78, 5) is 3.84. The van der Waals surface area contributed by atoms with Gasteiger partial charge in [-0.25, -0.2) is 0 Å². The van der Waals surface area contributed by atoms with Gasteiger partial charge in [-0.15, -0.1) is 0 Å². The lowest BCUT2D eigenvalue weighted by Crippen LogP contribution is -2.09. The fraction of sp³-hybridized carbons (Fsp3) is 0.545. The van der Waals surface area contributed by atoms with Crippen LogP contribution >= 0.6 is 0 Å². The molecular weight excluding hydrogens is 203 g/mol. The minimum atomic E-state index is -4.09. The van der Waals surface area contributed by atoms with Gasteiger partial charge in [0.15, 0.2) is 0 Å². The summed E-state index contributed by atoms with van der Waals surface area (Å²) in [6, 6.07) is 3.43. The van der Waals surface area contributed by atoms with Crippen molar-refractivity contribution in [3.63, 3.8) is 0 Å². The average molecular weight is 219 g/mol. The van der Waals surface area contributed by atoms with Crippen molar-refractivity contribution in [3.05, 3.63) is 29.6 Å². The Balaban J connectivity index is 0.000000921. The monoisotopic (exact) mass is 219 g/mol. The highest BCUT2D eigenvalue weighted by Crippen LogP contribution is 2.21. The summed E-state index contributed by atoms with van der Waals surface area (Å²) in [7, 11) is 0. The topological polar surface area (TPSA) is 12.9 Å². The maximum atomic E-state index is 11.8. The lowest BCUT2D eigenvalue weighted by atomic mass is 10.2. The molecule has 0 saturated carbocycles. The Morgan fingerprint density at radius 3 is 2.33 bits per heavy atom. The van der Waals surface area contributed by atoms with Crippen molar-refractivity contribution in [1.29, 1.82) is 0 Å². The van der Waals surface area contributed by atoms with Gasteiger partial charge in [0.25, 0.3) is 0 Å². The summed E-state index contributed by atoms with van der Waals surface area (Å²) in [5, 5.41) is 0. The van der Waals surface area contributed by atoms with E-state index in [9.17, 15) is 13.2 Å². The van der Waals surface area contributed by atoms with E-state index < -0.39 is 12.6 Å². The molecule has 86 valence electrons. The van der Waals surface area contributed by atoms with Gasteiger partial charge in [0.05, 0.1) is 0 Å². The molecule has 15 heavy (non-hydrogen) atoms. The normalized spacial score (nSPS) is 10.5. The van der Waals surface area contributed by atoms with Crippen molar-refractivity contribution in [2.45, 2.75) is 39.8 Å². The van der Waals surface area contributed by atoms with Crippen molar-refractivity contribution in [3.8, 4) is 0 Å². The number of alkyl halides is 3. The summed E-state index contributed by atoms with van der Waals surface area (Å²) in [6.07, 6.45) is -3.40. The zero-order valence-electron chi connectivity index (χ0n) is 9.23. The van der Waals surface area contributed by atoms with Crippen molar-refractivity contribution >= 4 is 0 Å². The fourth-order valence-electron chi connectivity index (χ4n) is 1.01. The Morgan fingerprint density at radius 1 is 1.27 bits per heavy atom. The summed E-state index contributed by atoms with van der Waals surface area (Å²) in [5.74, 6) is 0. The van der Waals surface area contributed by atoms with Crippen LogP contribution in [0.5, 0.6) is 0 Å². The van der Waals surface area contributed by atoms with E-state index in [1.807, 2.05) is 20.8 Å². The Kier molecular flexibility index (Phi) is 5.97. The van der Waals surface area contributed by atoms with E-state index in [0.717, 1.165) is 5.56 Å². The SMILES string of the molecule is CC.Cc1ccnc(CCC(F)(F)F)c1. The molecule has 4 heteroatoms. The zero-order chi connectivity index (χ0) is 11.9. The number of aryl methyl sites for hydroxylation is 2. The van der Waals surface area contributed by atoms with Gasteiger partial charge in [0, 0.05) is 18.3 Å². The van der Waals surface area contributed by atoms with Crippen molar-refractivity contribution in [1.82, 2.24) is 4.98 Å². The van der Waals surface area contributed by atoms with Crippen LogP contribution in [0.1, 0.15) is 31.5 Å². The van der Waals surface area contributed by atoms with Gasteiger partial charge in [0.1, 0.15) is 0 Å². The first-order valence-electron chi connectivity index (χ1n) is 4.96. The molecule has 0 aliphatic carbocycles. The number of halogens is 3. The van der Waals surface area contributed by atoms with Crippen LogP contribution in [-0.2, 0) is 6.42 Å². The van der Waals surface area contributed by atoms with Crippen LogP contribution in [0.25, 0.3) is 0 Å². The second-order valence-electron chi connectivity index (χ2n) is 2.94. The average Bonchev–Trinajstić information content (AvgIpc) is 2.17. The van der Waals surface area contributed by atoms with Gasteiger partial charge < -0.3 is 0 Å². The van der Waals surface area contributed by atoms with Crippen LogP contribution < -0.4 is 0 Å².